The molecule has 6 heteroatoms. The first kappa shape index (κ1) is 12.8. The van der Waals surface area contributed by atoms with Crippen molar-refractivity contribution in [2.75, 3.05) is 0 Å². The van der Waals surface area contributed by atoms with Crippen LogP contribution in [-0.4, -0.2) is 9.55 Å². The molecule has 15 heavy (non-hydrogen) atoms. The van der Waals surface area contributed by atoms with Gasteiger partial charge in [-0.2, -0.15) is 0 Å². The fourth-order valence-electron chi connectivity index (χ4n) is 1.33. The number of hydrogen-bond acceptors (Lipinski definition) is 3. The summed E-state index contributed by atoms with van der Waals surface area (Å²) in [6.07, 6.45) is 1.50. The molecule has 0 aliphatic rings. The summed E-state index contributed by atoms with van der Waals surface area (Å²) in [4.78, 5) is 24.9. The number of nitrogens with one attached hydrogen (secondary N) is 1. The van der Waals surface area contributed by atoms with E-state index in [9.17, 15) is 14.7 Å². The van der Waals surface area contributed by atoms with Crippen LogP contribution in [0.4, 0.5) is 0 Å². The topological polar surface area (TPSA) is 77.9 Å². The maximum atomic E-state index is 11.5. The van der Waals surface area contributed by atoms with E-state index < -0.39 is 16.9 Å². The largest absolute Gasteiger partial charge is 1.00 e. The number of nitrogens with zero attached hydrogens (tertiary/aromatic N) is 1. The van der Waals surface area contributed by atoms with E-state index in [4.69, 9.17) is 0 Å². The molecule has 5 nitrogen and oxygen atoms in total. The van der Waals surface area contributed by atoms with E-state index in [1.807, 2.05) is 0 Å². The van der Waals surface area contributed by atoms with Gasteiger partial charge in [-0.3, -0.25) is 9.59 Å². The number of aromatic amines is 1. The van der Waals surface area contributed by atoms with Crippen LogP contribution in [0.15, 0.2) is 27.9 Å². The van der Waals surface area contributed by atoms with E-state index in [0.29, 0.717) is 0 Å². The molecule has 2 aromatic heterocycles. The van der Waals surface area contributed by atoms with Crippen LogP contribution in [0.2, 0.25) is 0 Å². The van der Waals surface area contributed by atoms with E-state index in [1.54, 1.807) is 7.05 Å². The SMILES string of the molecule is Cn1ccc2[nH]c(=O)cc([O-])c2c1=O.[Rb+]. The fraction of sp³-hybridized carbons (Fsp3) is 0.111. The molecule has 0 aliphatic carbocycles. The second-order valence-corrected chi connectivity index (χ2v) is 3.02. The van der Waals surface area contributed by atoms with E-state index in [0.717, 1.165) is 6.07 Å². The summed E-state index contributed by atoms with van der Waals surface area (Å²) >= 11 is 0. The molecule has 72 valence electrons. The molecule has 0 saturated carbocycles. The molecule has 0 amide bonds. The van der Waals surface area contributed by atoms with Crippen LogP contribution in [0.25, 0.3) is 10.9 Å². The van der Waals surface area contributed by atoms with Gasteiger partial charge >= 0.3 is 58.2 Å². The number of pyridine rings is 2. The number of H-pyrrole nitrogens is 1. The van der Waals surface area contributed by atoms with Crippen molar-refractivity contribution in [2.45, 2.75) is 0 Å². The van der Waals surface area contributed by atoms with E-state index >= 15 is 0 Å². The summed E-state index contributed by atoms with van der Waals surface area (Å²) in [6.45, 7) is 0. The van der Waals surface area contributed by atoms with E-state index in [1.165, 1.54) is 16.8 Å². The van der Waals surface area contributed by atoms with Crippen molar-refractivity contribution < 1.29 is 63.3 Å². The van der Waals surface area contributed by atoms with Crippen molar-refractivity contribution in [3.8, 4) is 5.75 Å². The molecule has 0 atom stereocenters. The van der Waals surface area contributed by atoms with Gasteiger partial charge in [0, 0.05) is 13.2 Å². The van der Waals surface area contributed by atoms with Crippen molar-refractivity contribution in [3.05, 3.63) is 39.0 Å². The summed E-state index contributed by atoms with van der Waals surface area (Å²) in [6, 6.07) is 2.41. The van der Waals surface area contributed by atoms with Gasteiger partial charge in [-0.15, -0.1) is 0 Å². The first-order valence-electron chi connectivity index (χ1n) is 3.99. The van der Waals surface area contributed by atoms with Crippen molar-refractivity contribution in [1.82, 2.24) is 9.55 Å². The number of fused-ring (bicyclic) bond motifs is 1. The number of rotatable bonds is 0. The van der Waals surface area contributed by atoms with Crippen LogP contribution in [0, 0.1) is 0 Å². The molecule has 0 spiro atoms. The van der Waals surface area contributed by atoms with Gasteiger partial charge < -0.3 is 14.7 Å². The van der Waals surface area contributed by atoms with Crippen molar-refractivity contribution >= 4 is 10.9 Å². The Morgan fingerprint density at radius 3 is 2.73 bits per heavy atom. The van der Waals surface area contributed by atoms with Gasteiger partial charge in [-0.05, 0) is 12.1 Å². The minimum absolute atomic E-state index is 0. The molecule has 1 N–H and O–H groups in total. The van der Waals surface area contributed by atoms with Gasteiger partial charge in [0.2, 0.25) is 5.56 Å². The zero-order chi connectivity index (χ0) is 10.3. The Morgan fingerprint density at radius 2 is 2.07 bits per heavy atom. The summed E-state index contributed by atoms with van der Waals surface area (Å²) in [5.74, 6) is -0.537. The monoisotopic (exact) mass is 276 g/mol. The first-order chi connectivity index (χ1) is 6.59. The molecule has 2 aromatic rings. The third-order valence-electron chi connectivity index (χ3n) is 2.03. The van der Waals surface area contributed by atoms with Crippen LogP contribution in [0.3, 0.4) is 0 Å². The molecular formula is C9H7N2O3Rb. The zero-order valence-electron chi connectivity index (χ0n) is 8.40. The molecular weight excluding hydrogens is 270 g/mol. The Morgan fingerprint density at radius 1 is 1.40 bits per heavy atom. The third-order valence-corrected chi connectivity index (χ3v) is 2.03. The smallest absolute Gasteiger partial charge is 0.872 e. The maximum Gasteiger partial charge on any atom is 1.00 e. The molecule has 0 radical (unpaired) electrons. The van der Waals surface area contributed by atoms with Crippen molar-refractivity contribution in [3.63, 3.8) is 0 Å². The van der Waals surface area contributed by atoms with Gasteiger partial charge in [0.25, 0.3) is 5.56 Å². The van der Waals surface area contributed by atoms with Gasteiger partial charge in [0.1, 0.15) is 0 Å². The van der Waals surface area contributed by atoms with Crippen LogP contribution < -0.4 is 74.4 Å². The summed E-state index contributed by atoms with van der Waals surface area (Å²) < 4.78 is 1.29. The molecule has 0 saturated heterocycles. The quantitative estimate of drug-likeness (QED) is 0.538. The maximum absolute atomic E-state index is 11.5. The number of aryl methyl sites for hydroxylation is 1. The summed E-state index contributed by atoms with van der Waals surface area (Å²) in [7, 11) is 1.55. The van der Waals surface area contributed by atoms with Crippen LogP contribution >= 0.6 is 0 Å². The molecule has 0 aliphatic heterocycles. The Bertz CT molecular complexity index is 615. The van der Waals surface area contributed by atoms with Crippen molar-refractivity contribution in [1.29, 1.82) is 0 Å². The molecule has 2 heterocycles. The second-order valence-electron chi connectivity index (χ2n) is 3.02. The standard InChI is InChI=1S/C9H8N2O3.Rb/c1-11-3-2-5-8(9(11)14)6(12)4-7(13)10-5;/h2-4H,1H3,(H2,10,12,13);/q;+1/p-1. The molecule has 0 aromatic carbocycles. The van der Waals surface area contributed by atoms with E-state index in [-0.39, 0.29) is 69.1 Å². The average molecular weight is 277 g/mol. The van der Waals surface area contributed by atoms with Gasteiger partial charge in [-0.25, -0.2) is 0 Å². The minimum Gasteiger partial charge on any atom is -0.872 e. The minimum atomic E-state index is -0.537. The van der Waals surface area contributed by atoms with Gasteiger partial charge in [0.15, 0.2) is 0 Å². The van der Waals surface area contributed by atoms with Crippen LogP contribution in [0.1, 0.15) is 0 Å². The Kier molecular flexibility index (Phi) is 4.05. The normalized spacial score (nSPS) is 9.93. The predicted octanol–water partition coefficient (Wildman–Crippen LogP) is -3.70. The molecule has 0 bridgehead atoms. The number of hydrogen-bond donors (Lipinski definition) is 1. The zero-order valence-corrected chi connectivity index (χ0v) is 13.3. The Balaban J connectivity index is 0.00000112. The van der Waals surface area contributed by atoms with Gasteiger partial charge in [-0.1, -0.05) is 5.75 Å². The Hall–Kier alpha value is -0.235. The first-order valence-corrected chi connectivity index (χ1v) is 3.99. The van der Waals surface area contributed by atoms with Crippen LogP contribution in [-0.2, 0) is 7.05 Å². The molecule has 0 unspecified atom stereocenters. The summed E-state index contributed by atoms with van der Waals surface area (Å²) in [5.41, 5.74) is -0.606. The van der Waals surface area contributed by atoms with Crippen molar-refractivity contribution in [2.24, 2.45) is 7.05 Å². The number of aromatic nitrogens is 2. The molecule has 0 fully saturated rings. The predicted molar refractivity (Wildman–Crippen MR) is 49.3 cm³/mol. The second kappa shape index (κ2) is 4.73. The van der Waals surface area contributed by atoms with E-state index in [2.05, 4.69) is 4.98 Å². The summed E-state index contributed by atoms with van der Waals surface area (Å²) in [5, 5.41) is 11.4. The fourth-order valence-corrected chi connectivity index (χ4v) is 1.33. The Labute approximate surface area is 134 Å². The average Bonchev–Trinajstić information content (AvgIpc) is 2.10. The molecule has 2 rings (SSSR count). The van der Waals surface area contributed by atoms with Crippen LogP contribution in [0.5, 0.6) is 5.75 Å². The van der Waals surface area contributed by atoms with Gasteiger partial charge in [0.05, 0.1) is 10.9 Å². The third kappa shape index (κ3) is 2.30.